The van der Waals surface area contributed by atoms with Gasteiger partial charge in [-0.2, -0.15) is 0 Å². The van der Waals surface area contributed by atoms with Crippen molar-refractivity contribution in [2.24, 2.45) is 5.92 Å². The third kappa shape index (κ3) is 1.53. The Morgan fingerprint density at radius 2 is 2.10 bits per heavy atom. The highest BCUT2D eigenvalue weighted by Gasteiger charge is 2.57. The third-order valence-corrected chi connectivity index (χ3v) is 4.50. The van der Waals surface area contributed by atoms with E-state index in [0.717, 1.165) is 0 Å². The molecule has 2 fully saturated rings. The Labute approximate surface area is 115 Å². The quantitative estimate of drug-likeness (QED) is 0.375. The van der Waals surface area contributed by atoms with Crippen LogP contribution in [0.25, 0.3) is 0 Å². The average molecular weight is 274 g/mol. The van der Waals surface area contributed by atoms with Crippen LogP contribution in [-0.4, -0.2) is 35.9 Å². The highest BCUT2D eigenvalue weighted by atomic mass is 16.6. The summed E-state index contributed by atoms with van der Waals surface area (Å²) in [5, 5.41) is 0. The highest BCUT2D eigenvalue weighted by molar-refractivity contribution is 5.95. The van der Waals surface area contributed by atoms with Crippen LogP contribution in [0.4, 0.5) is 0 Å². The van der Waals surface area contributed by atoms with Crippen LogP contribution in [0.2, 0.25) is 0 Å². The maximum absolute atomic E-state index is 11.8. The average Bonchev–Trinajstić information content (AvgIpc) is 2.74. The monoisotopic (exact) mass is 274 g/mol. The summed E-state index contributed by atoms with van der Waals surface area (Å²) in [6, 6.07) is 0. The van der Waals surface area contributed by atoms with E-state index >= 15 is 0 Å². The standard InChI is InChI=1S/C15H14O5/c1-7-12-9-5-8(14(17)18-9)3-4-11-15(2,20-11)6-10(12)19-13(7)16/h3-5,9-12H,1,6H2,2H3/b4-3-. The molecule has 5 heteroatoms. The van der Waals surface area contributed by atoms with Crippen molar-refractivity contribution in [3.63, 3.8) is 0 Å². The van der Waals surface area contributed by atoms with E-state index in [1.807, 2.05) is 13.0 Å². The zero-order valence-corrected chi connectivity index (χ0v) is 11.0. The molecule has 1 aliphatic carbocycles. The second-order valence-electron chi connectivity index (χ2n) is 5.90. The number of ether oxygens (including phenoxy) is 3. The third-order valence-electron chi connectivity index (χ3n) is 4.50. The van der Waals surface area contributed by atoms with Gasteiger partial charge >= 0.3 is 11.9 Å². The summed E-state index contributed by atoms with van der Waals surface area (Å²) in [5.41, 5.74) is 0.529. The highest BCUT2D eigenvalue weighted by Crippen LogP contribution is 2.47. The van der Waals surface area contributed by atoms with Crippen molar-refractivity contribution in [2.45, 2.75) is 37.3 Å². The summed E-state index contributed by atoms with van der Waals surface area (Å²) in [4.78, 5) is 23.6. The molecule has 5 nitrogen and oxygen atoms in total. The summed E-state index contributed by atoms with van der Waals surface area (Å²) in [6.45, 7) is 5.78. The zero-order chi connectivity index (χ0) is 14.1. The lowest BCUT2D eigenvalue weighted by molar-refractivity contribution is -0.142. The molecule has 5 atom stereocenters. The Bertz CT molecular complexity index is 601. The van der Waals surface area contributed by atoms with E-state index in [0.29, 0.717) is 17.6 Å². The zero-order valence-electron chi connectivity index (χ0n) is 11.0. The number of rotatable bonds is 0. The van der Waals surface area contributed by atoms with Gasteiger partial charge in [0.15, 0.2) is 0 Å². The molecule has 0 aromatic rings. The lowest BCUT2D eigenvalue weighted by Crippen LogP contribution is -2.32. The molecule has 3 aliphatic heterocycles. The first kappa shape index (κ1) is 11.9. The van der Waals surface area contributed by atoms with Gasteiger partial charge in [-0.1, -0.05) is 12.7 Å². The minimum Gasteiger partial charge on any atom is -0.458 e. The fourth-order valence-corrected chi connectivity index (χ4v) is 3.25. The van der Waals surface area contributed by atoms with Gasteiger partial charge in [0.05, 0.1) is 17.1 Å². The van der Waals surface area contributed by atoms with Gasteiger partial charge in [-0.25, -0.2) is 9.59 Å². The minimum absolute atomic E-state index is 0.0541. The van der Waals surface area contributed by atoms with E-state index < -0.39 is 12.1 Å². The van der Waals surface area contributed by atoms with Crippen molar-refractivity contribution in [3.05, 3.63) is 36.0 Å². The molecule has 4 aliphatic rings. The number of carbonyl (C=O) groups excluding carboxylic acids is 2. The van der Waals surface area contributed by atoms with Gasteiger partial charge in [0.25, 0.3) is 0 Å². The molecule has 2 saturated heterocycles. The first-order chi connectivity index (χ1) is 9.48. The predicted octanol–water partition coefficient (Wildman–Crippen LogP) is 1.05. The van der Waals surface area contributed by atoms with Crippen LogP contribution in [0.5, 0.6) is 0 Å². The minimum atomic E-state index is -0.481. The van der Waals surface area contributed by atoms with E-state index in [-0.39, 0.29) is 29.7 Å². The SMILES string of the molecule is C=C1C(=O)OC2CC3(C)OC3/C=C\C3=CC(OC3=O)C12. The Hall–Kier alpha value is -1.88. The second kappa shape index (κ2) is 3.61. The van der Waals surface area contributed by atoms with Gasteiger partial charge in [-0.15, -0.1) is 0 Å². The van der Waals surface area contributed by atoms with Crippen LogP contribution in [0.15, 0.2) is 36.0 Å². The lowest BCUT2D eigenvalue weighted by atomic mass is 9.84. The molecule has 0 aromatic carbocycles. The molecule has 20 heavy (non-hydrogen) atoms. The van der Waals surface area contributed by atoms with Crippen molar-refractivity contribution < 1.29 is 23.8 Å². The van der Waals surface area contributed by atoms with Crippen molar-refractivity contribution in [2.75, 3.05) is 0 Å². The van der Waals surface area contributed by atoms with Crippen molar-refractivity contribution in [1.82, 2.24) is 0 Å². The van der Waals surface area contributed by atoms with Crippen LogP contribution in [0.1, 0.15) is 13.3 Å². The summed E-state index contributed by atoms with van der Waals surface area (Å²) >= 11 is 0. The first-order valence-corrected chi connectivity index (χ1v) is 6.66. The maximum Gasteiger partial charge on any atom is 0.338 e. The molecular weight excluding hydrogens is 260 g/mol. The smallest absolute Gasteiger partial charge is 0.338 e. The molecule has 2 bridgehead atoms. The molecule has 0 spiro atoms. The topological polar surface area (TPSA) is 65.1 Å². The Balaban J connectivity index is 1.77. The molecule has 0 radical (unpaired) electrons. The van der Waals surface area contributed by atoms with Gasteiger partial charge in [0.1, 0.15) is 18.3 Å². The Kier molecular flexibility index (Phi) is 2.15. The lowest BCUT2D eigenvalue weighted by Gasteiger charge is -2.23. The fraction of sp³-hybridized carbons (Fsp3) is 0.467. The predicted molar refractivity (Wildman–Crippen MR) is 67.5 cm³/mol. The molecule has 0 N–H and O–H groups in total. The normalized spacial score (nSPS) is 46.9. The van der Waals surface area contributed by atoms with Crippen molar-refractivity contribution in [3.8, 4) is 0 Å². The summed E-state index contributed by atoms with van der Waals surface area (Å²) < 4.78 is 16.4. The fourth-order valence-electron chi connectivity index (χ4n) is 3.25. The number of epoxide rings is 1. The second-order valence-corrected chi connectivity index (χ2v) is 5.90. The number of fused-ring (bicyclic) bond motifs is 4. The van der Waals surface area contributed by atoms with Crippen LogP contribution in [0, 0.1) is 5.92 Å². The first-order valence-electron chi connectivity index (χ1n) is 6.66. The van der Waals surface area contributed by atoms with E-state index in [4.69, 9.17) is 14.2 Å². The molecule has 0 amide bonds. The number of hydrogen-bond acceptors (Lipinski definition) is 5. The molecule has 104 valence electrons. The number of hydrogen-bond donors (Lipinski definition) is 0. The van der Waals surface area contributed by atoms with Gasteiger partial charge in [-0.3, -0.25) is 0 Å². The van der Waals surface area contributed by atoms with Crippen LogP contribution in [-0.2, 0) is 23.8 Å². The number of carbonyl (C=O) groups is 2. The van der Waals surface area contributed by atoms with E-state index in [1.165, 1.54) is 0 Å². The maximum atomic E-state index is 11.8. The van der Waals surface area contributed by atoms with E-state index in [9.17, 15) is 9.59 Å². The largest absolute Gasteiger partial charge is 0.458 e. The van der Waals surface area contributed by atoms with Gasteiger partial charge in [0.2, 0.25) is 0 Å². The molecule has 3 heterocycles. The van der Waals surface area contributed by atoms with Crippen molar-refractivity contribution in [1.29, 1.82) is 0 Å². The summed E-state index contributed by atoms with van der Waals surface area (Å²) in [7, 11) is 0. The molecule has 5 unspecified atom stereocenters. The van der Waals surface area contributed by atoms with Gasteiger partial charge < -0.3 is 14.2 Å². The summed E-state index contributed by atoms with van der Waals surface area (Å²) in [5.74, 6) is -1.11. The van der Waals surface area contributed by atoms with Crippen molar-refractivity contribution >= 4 is 11.9 Å². The number of esters is 2. The summed E-state index contributed by atoms with van der Waals surface area (Å²) in [6.07, 6.45) is 5.03. The molecular formula is C15H14O5. The molecule has 4 rings (SSSR count). The Morgan fingerprint density at radius 3 is 2.90 bits per heavy atom. The van der Waals surface area contributed by atoms with Crippen LogP contribution < -0.4 is 0 Å². The van der Waals surface area contributed by atoms with Gasteiger partial charge in [-0.05, 0) is 19.1 Å². The molecule has 0 saturated carbocycles. The van der Waals surface area contributed by atoms with Crippen LogP contribution >= 0.6 is 0 Å². The molecule has 0 aromatic heterocycles. The van der Waals surface area contributed by atoms with Gasteiger partial charge in [0, 0.05) is 12.0 Å². The van der Waals surface area contributed by atoms with E-state index in [2.05, 4.69) is 6.58 Å². The van der Waals surface area contributed by atoms with Crippen LogP contribution in [0.3, 0.4) is 0 Å². The Morgan fingerprint density at radius 1 is 1.30 bits per heavy atom. The van der Waals surface area contributed by atoms with E-state index in [1.54, 1.807) is 12.2 Å².